The van der Waals surface area contributed by atoms with Crippen molar-refractivity contribution >= 4 is 17.2 Å². The highest BCUT2D eigenvalue weighted by Gasteiger charge is 2.19. The van der Waals surface area contributed by atoms with E-state index in [1.54, 1.807) is 6.92 Å². The van der Waals surface area contributed by atoms with Crippen LogP contribution in [-0.4, -0.2) is 55.0 Å². The molecule has 1 aliphatic heterocycles. The van der Waals surface area contributed by atoms with Crippen molar-refractivity contribution in [3.63, 3.8) is 0 Å². The molecule has 1 N–H and O–H groups in total. The summed E-state index contributed by atoms with van der Waals surface area (Å²) in [4.78, 5) is 17.1. The summed E-state index contributed by atoms with van der Waals surface area (Å²) in [5.41, 5.74) is 0. The molecule has 1 amide bonds. The fraction of sp³-hybridized carbons (Fsp3) is 0.688. The predicted molar refractivity (Wildman–Crippen MR) is 88.6 cm³/mol. The highest BCUT2D eigenvalue weighted by molar-refractivity contribution is 7.10. The lowest BCUT2D eigenvalue weighted by molar-refractivity contribution is -0.130. The first-order valence-corrected chi connectivity index (χ1v) is 8.70. The quantitative estimate of drug-likeness (QED) is 0.875. The molecule has 0 aromatic carbocycles. The SMILES string of the molecule is CC(=O)N1CCN(CCN[C@H](c2cccs2)C(C)C)CC1. The van der Waals surface area contributed by atoms with Gasteiger partial charge in [0.15, 0.2) is 0 Å². The van der Waals surface area contributed by atoms with Gasteiger partial charge in [-0.2, -0.15) is 0 Å². The molecule has 0 spiro atoms. The van der Waals surface area contributed by atoms with Crippen molar-refractivity contribution in [3.05, 3.63) is 22.4 Å². The number of thiophene rings is 1. The van der Waals surface area contributed by atoms with Crippen LogP contribution in [-0.2, 0) is 4.79 Å². The maximum atomic E-state index is 11.3. The molecule has 1 aromatic rings. The highest BCUT2D eigenvalue weighted by atomic mass is 32.1. The van der Waals surface area contributed by atoms with Gasteiger partial charge in [0.1, 0.15) is 0 Å². The van der Waals surface area contributed by atoms with E-state index in [1.807, 2.05) is 16.2 Å². The molecule has 21 heavy (non-hydrogen) atoms. The van der Waals surface area contributed by atoms with Crippen molar-refractivity contribution in [2.75, 3.05) is 39.3 Å². The molecule has 0 aliphatic carbocycles. The minimum absolute atomic E-state index is 0.199. The summed E-state index contributed by atoms with van der Waals surface area (Å²) in [7, 11) is 0. The van der Waals surface area contributed by atoms with Crippen molar-refractivity contribution in [1.29, 1.82) is 0 Å². The molecule has 1 aromatic heterocycles. The molecular weight excluding hydrogens is 282 g/mol. The monoisotopic (exact) mass is 309 g/mol. The number of amides is 1. The van der Waals surface area contributed by atoms with E-state index in [1.165, 1.54) is 4.88 Å². The van der Waals surface area contributed by atoms with Gasteiger partial charge in [-0.1, -0.05) is 19.9 Å². The second-order valence-corrected chi connectivity index (χ2v) is 7.02. The van der Waals surface area contributed by atoms with E-state index >= 15 is 0 Å². The number of nitrogens with one attached hydrogen (secondary N) is 1. The van der Waals surface area contributed by atoms with Gasteiger partial charge in [0.2, 0.25) is 5.91 Å². The molecule has 1 saturated heterocycles. The molecule has 4 nitrogen and oxygen atoms in total. The fourth-order valence-corrected chi connectivity index (χ4v) is 3.77. The van der Waals surface area contributed by atoms with Crippen LogP contribution in [0.5, 0.6) is 0 Å². The van der Waals surface area contributed by atoms with E-state index in [-0.39, 0.29) is 5.91 Å². The van der Waals surface area contributed by atoms with Gasteiger partial charge in [-0.3, -0.25) is 9.69 Å². The average Bonchev–Trinajstić information content (AvgIpc) is 2.97. The predicted octanol–water partition coefficient (Wildman–Crippen LogP) is 2.20. The standard InChI is InChI=1S/C16H27N3OS/c1-13(2)16(15-5-4-12-21-15)17-6-7-18-8-10-19(11-9-18)14(3)20/h4-5,12-13,16-17H,6-11H2,1-3H3/t16-/m0/s1. The summed E-state index contributed by atoms with van der Waals surface area (Å²) in [5, 5.41) is 5.84. The first-order valence-electron chi connectivity index (χ1n) is 7.82. The average molecular weight is 309 g/mol. The van der Waals surface area contributed by atoms with Gasteiger partial charge in [0, 0.05) is 57.1 Å². The lowest BCUT2D eigenvalue weighted by Gasteiger charge is -2.34. The first-order chi connectivity index (χ1) is 10.1. The molecule has 2 heterocycles. The fourth-order valence-electron chi connectivity index (χ4n) is 2.80. The van der Waals surface area contributed by atoms with Crippen molar-refractivity contribution in [2.45, 2.75) is 26.8 Å². The zero-order valence-corrected chi connectivity index (χ0v) is 14.2. The zero-order valence-electron chi connectivity index (χ0n) is 13.3. The van der Waals surface area contributed by atoms with Crippen molar-refractivity contribution < 1.29 is 4.79 Å². The van der Waals surface area contributed by atoms with Gasteiger partial charge >= 0.3 is 0 Å². The molecule has 0 radical (unpaired) electrons. The Labute approximate surface area is 132 Å². The molecule has 0 bridgehead atoms. The van der Waals surface area contributed by atoms with Gasteiger partial charge in [0.05, 0.1) is 0 Å². The molecule has 0 saturated carbocycles. The molecular formula is C16H27N3OS. The summed E-state index contributed by atoms with van der Waals surface area (Å²) >= 11 is 1.83. The highest BCUT2D eigenvalue weighted by Crippen LogP contribution is 2.25. The molecule has 118 valence electrons. The normalized spacial score (nSPS) is 18.2. The Kier molecular flexibility index (Phi) is 6.21. The van der Waals surface area contributed by atoms with E-state index in [0.717, 1.165) is 39.3 Å². The van der Waals surface area contributed by atoms with Crippen molar-refractivity contribution in [1.82, 2.24) is 15.1 Å². The second kappa shape index (κ2) is 7.92. The van der Waals surface area contributed by atoms with Crippen molar-refractivity contribution in [2.24, 2.45) is 5.92 Å². The van der Waals surface area contributed by atoms with Crippen LogP contribution in [0.2, 0.25) is 0 Å². The summed E-state index contributed by atoms with van der Waals surface area (Å²) in [6, 6.07) is 4.79. The van der Waals surface area contributed by atoms with Crippen LogP contribution in [0.3, 0.4) is 0 Å². The van der Waals surface area contributed by atoms with Crippen LogP contribution in [0.1, 0.15) is 31.7 Å². The maximum absolute atomic E-state index is 11.3. The number of rotatable bonds is 6. The van der Waals surface area contributed by atoms with Crippen LogP contribution in [0.25, 0.3) is 0 Å². The molecule has 1 atom stereocenters. The van der Waals surface area contributed by atoms with Crippen LogP contribution in [0.4, 0.5) is 0 Å². The first kappa shape index (κ1) is 16.5. The minimum Gasteiger partial charge on any atom is -0.340 e. The summed E-state index contributed by atoms with van der Waals surface area (Å²) in [6.45, 7) is 12.0. The van der Waals surface area contributed by atoms with Gasteiger partial charge in [-0.15, -0.1) is 11.3 Å². The number of hydrogen-bond acceptors (Lipinski definition) is 4. The Hall–Kier alpha value is -0.910. The van der Waals surface area contributed by atoms with E-state index in [2.05, 4.69) is 41.6 Å². The Balaban J connectivity index is 1.72. The number of nitrogens with zero attached hydrogens (tertiary/aromatic N) is 2. The van der Waals surface area contributed by atoms with Crippen LogP contribution < -0.4 is 5.32 Å². The van der Waals surface area contributed by atoms with E-state index in [0.29, 0.717) is 12.0 Å². The maximum Gasteiger partial charge on any atom is 0.219 e. The Morgan fingerprint density at radius 2 is 2.05 bits per heavy atom. The number of carbonyl (C=O) groups excluding carboxylic acids is 1. The third kappa shape index (κ3) is 4.80. The van der Waals surface area contributed by atoms with E-state index < -0.39 is 0 Å². The van der Waals surface area contributed by atoms with E-state index in [4.69, 9.17) is 0 Å². The van der Waals surface area contributed by atoms with Gasteiger partial charge in [0.25, 0.3) is 0 Å². The topological polar surface area (TPSA) is 35.6 Å². The lowest BCUT2D eigenvalue weighted by atomic mass is 10.0. The molecule has 1 fully saturated rings. The molecule has 2 rings (SSSR count). The van der Waals surface area contributed by atoms with Gasteiger partial charge < -0.3 is 10.2 Å². The number of piperazine rings is 1. The smallest absolute Gasteiger partial charge is 0.219 e. The third-order valence-electron chi connectivity index (χ3n) is 4.13. The van der Waals surface area contributed by atoms with Crippen LogP contribution in [0.15, 0.2) is 17.5 Å². The Bertz CT molecular complexity index is 425. The van der Waals surface area contributed by atoms with Gasteiger partial charge in [-0.25, -0.2) is 0 Å². The summed E-state index contributed by atoms with van der Waals surface area (Å²) in [6.07, 6.45) is 0. The molecule has 0 unspecified atom stereocenters. The Morgan fingerprint density at radius 3 is 2.57 bits per heavy atom. The number of hydrogen-bond donors (Lipinski definition) is 1. The summed E-state index contributed by atoms with van der Waals surface area (Å²) < 4.78 is 0. The molecule has 5 heteroatoms. The van der Waals surface area contributed by atoms with Crippen molar-refractivity contribution in [3.8, 4) is 0 Å². The Morgan fingerprint density at radius 1 is 1.33 bits per heavy atom. The van der Waals surface area contributed by atoms with Gasteiger partial charge in [-0.05, 0) is 17.4 Å². The molecule has 1 aliphatic rings. The second-order valence-electron chi connectivity index (χ2n) is 6.04. The lowest BCUT2D eigenvalue weighted by Crippen LogP contribution is -2.49. The third-order valence-corrected chi connectivity index (χ3v) is 5.08. The number of carbonyl (C=O) groups is 1. The minimum atomic E-state index is 0.199. The zero-order chi connectivity index (χ0) is 15.2. The summed E-state index contributed by atoms with van der Waals surface area (Å²) in [5.74, 6) is 0.795. The van der Waals surface area contributed by atoms with Crippen LogP contribution in [0, 0.1) is 5.92 Å². The largest absolute Gasteiger partial charge is 0.340 e. The van der Waals surface area contributed by atoms with E-state index in [9.17, 15) is 4.79 Å². The van der Waals surface area contributed by atoms with Crippen LogP contribution >= 0.6 is 11.3 Å².